The monoisotopic (exact) mass is 541 g/mol. The number of hydrogen-bond acceptors (Lipinski definition) is 5. The number of benzene rings is 2. The number of halogens is 3. The van der Waals surface area contributed by atoms with E-state index in [9.17, 15) is 9.18 Å². The summed E-state index contributed by atoms with van der Waals surface area (Å²) in [5, 5.41) is 8.99. The zero-order chi connectivity index (χ0) is 27.8. The molecule has 2 aromatic rings. The molecule has 0 radical (unpaired) electrons. The number of aliphatic carboxylic acids is 1. The summed E-state index contributed by atoms with van der Waals surface area (Å²) in [5.41, 5.74) is 1.51. The molecule has 1 aliphatic carbocycles. The molecule has 4 rings (SSSR count). The van der Waals surface area contributed by atoms with E-state index >= 15 is 8.78 Å². The topological polar surface area (TPSA) is 68.2 Å². The second-order valence-electron chi connectivity index (χ2n) is 9.45. The average Bonchev–Trinajstić information content (AvgIpc) is 2.92. The molecular formula is C30H30F3NO5. The highest BCUT2D eigenvalue weighted by Crippen LogP contribution is 2.39. The third kappa shape index (κ3) is 7.77. The molecule has 39 heavy (non-hydrogen) atoms. The maximum Gasteiger partial charge on any atom is 0.332 e. The minimum Gasteiger partial charge on any atom is -0.486 e. The smallest absolute Gasteiger partial charge is 0.332 e. The van der Waals surface area contributed by atoms with Gasteiger partial charge in [0, 0.05) is 24.9 Å². The first-order valence-electron chi connectivity index (χ1n) is 12.6. The van der Waals surface area contributed by atoms with Crippen LogP contribution in [0.2, 0.25) is 0 Å². The van der Waals surface area contributed by atoms with E-state index in [1.165, 1.54) is 42.7 Å². The van der Waals surface area contributed by atoms with Crippen molar-refractivity contribution in [2.75, 3.05) is 20.1 Å². The molecule has 0 aromatic heterocycles. The van der Waals surface area contributed by atoms with Crippen molar-refractivity contribution in [1.82, 2.24) is 4.90 Å². The van der Waals surface area contributed by atoms with E-state index in [1.54, 1.807) is 24.1 Å². The van der Waals surface area contributed by atoms with E-state index in [-0.39, 0.29) is 12.1 Å². The quantitative estimate of drug-likeness (QED) is 0.317. The van der Waals surface area contributed by atoms with Gasteiger partial charge in [-0.15, -0.1) is 0 Å². The Labute approximate surface area is 225 Å². The van der Waals surface area contributed by atoms with Crippen molar-refractivity contribution in [3.63, 3.8) is 0 Å². The fraction of sp³-hybridized carbons (Fsp3) is 0.300. The molecule has 0 amide bonds. The van der Waals surface area contributed by atoms with E-state index in [0.29, 0.717) is 36.5 Å². The van der Waals surface area contributed by atoms with Gasteiger partial charge < -0.3 is 19.3 Å². The highest BCUT2D eigenvalue weighted by molar-refractivity contribution is 5.69. The van der Waals surface area contributed by atoms with Crippen molar-refractivity contribution in [3.8, 4) is 5.75 Å². The molecule has 1 unspecified atom stereocenters. The number of nitrogens with zero attached hydrogens (tertiary/aromatic N) is 1. The molecule has 2 aliphatic rings. The van der Waals surface area contributed by atoms with Crippen LogP contribution in [0.25, 0.3) is 0 Å². The number of carbonyl (C=O) groups is 1. The van der Waals surface area contributed by atoms with Gasteiger partial charge in [0.25, 0.3) is 0 Å². The molecule has 1 atom stereocenters. The molecule has 1 N–H and O–H groups in total. The SMILES string of the molecule is CN(CCC(Oc1ccc(C(F)(F)C2=COC(CC3=CC=CCC3)=CO2)cc1)c1ccc(F)cc1)CC(=O)O. The first-order chi connectivity index (χ1) is 18.7. The number of alkyl halides is 2. The molecule has 0 fully saturated rings. The Kier molecular flexibility index (Phi) is 9.14. The van der Waals surface area contributed by atoms with Crippen LogP contribution in [0.4, 0.5) is 13.2 Å². The molecule has 0 bridgehead atoms. The molecule has 206 valence electrons. The summed E-state index contributed by atoms with van der Waals surface area (Å²) in [5.74, 6) is -4.63. The highest BCUT2D eigenvalue weighted by Gasteiger charge is 2.40. The number of hydrogen-bond donors (Lipinski definition) is 1. The number of carboxylic acid groups (broad SMARTS) is 1. The van der Waals surface area contributed by atoms with Crippen molar-refractivity contribution in [1.29, 1.82) is 0 Å². The van der Waals surface area contributed by atoms with Crippen LogP contribution in [0.1, 0.15) is 42.9 Å². The maximum atomic E-state index is 15.2. The molecule has 1 heterocycles. The zero-order valence-corrected chi connectivity index (χ0v) is 21.5. The van der Waals surface area contributed by atoms with E-state index in [1.807, 2.05) is 12.2 Å². The number of ether oxygens (including phenoxy) is 3. The van der Waals surface area contributed by atoms with Crippen molar-refractivity contribution < 1.29 is 37.3 Å². The zero-order valence-electron chi connectivity index (χ0n) is 21.5. The molecule has 0 saturated heterocycles. The third-order valence-corrected chi connectivity index (χ3v) is 6.36. The van der Waals surface area contributed by atoms with E-state index in [2.05, 4.69) is 6.08 Å². The summed E-state index contributed by atoms with van der Waals surface area (Å²) in [6.45, 7) is 0.243. The molecule has 0 spiro atoms. The standard InChI is InChI=1S/C30H30F3NO5/c1-34(18-29(35)36)16-15-27(22-7-11-24(31)12-8-22)39-25-13-9-23(10-14-25)30(32,33)28-20-37-26(19-38-28)17-21-5-3-2-4-6-21/h2-3,5,7-14,19-20,27H,4,6,15-18H2,1H3,(H,35,36). The predicted octanol–water partition coefficient (Wildman–Crippen LogP) is 6.84. The van der Waals surface area contributed by atoms with Crippen molar-refractivity contribution in [3.05, 3.63) is 113 Å². The summed E-state index contributed by atoms with van der Waals surface area (Å²) >= 11 is 0. The molecule has 9 heteroatoms. The van der Waals surface area contributed by atoms with Gasteiger partial charge in [0.1, 0.15) is 36.0 Å². The second-order valence-corrected chi connectivity index (χ2v) is 9.45. The van der Waals surface area contributed by atoms with Gasteiger partial charge >= 0.3 is 11.9 Å². The summed E-state index contributed by atoms with van der Waals surface area (Å²) in [7, 11) is 1.67. The third-order valence-electron chi connectivity index (χ3n) is 6.36. The molecular weight excluding hydrogens is 511 g/mol. The molecule has 6 nitrogen and oxygen atoms in total. The lowest BCUT2D eigenvalue weighted by atomic mass is 10.0. The van der Waals surface area contributed by atoms with Crippen LogP contribution in [0.5, 0.6) is 5.75 Å². The Morgan fingerprint density at radius 1 is 1.10 bits per heavy atom. The fourth-order valence-corrected chi connectivity index (χ4v) is 4.24. The van der Waals surface area contributed by atoms with Gasteiger partial charge in [0.2, 0.25) is 5.76 Å². The van der Waals surface area contributed by atoms with Crippen LogP contribution in [0.3, 0.4) is 0 Å². The van der Waals surface area contributed by atoms with Gasteiger partial charge in [-0.3, -0.25) is 9.69 Å². The lowest BCUT2D eigenvalue weighted by Crippen LogP contribution is -2.28. The number of rotatable bonds is 12. The number of likely N-dealkylation sites (N-methyl/N-ethyl adjacent to an activating group) is 1. The van der Waals surface area contributed by atoms with Gasteiger partial charge in [-0.2, -0.15) is 8.78 Å². The average molecular weight is 542 g/mol. The van der Waals surface area contributed by atoms with Gasteiger partial charge in [0.05, 0.1) is 6.54 Å². The van der Waals surface area contributed by atoms with Gasteiger partial charge in [-0.05, 0) is 61.9 Å². The first-order valence-corrected chi connectivity index (χ1v) is 12.6. The first kappa shape index (κ1) is 28.0. The molecule has 2 aromatic carbocycles. The van der Waals surface area contributed by atoms with Crippen LogP contribution in [0, 0.1) is 5.82 Å². The molecule has 0 saturated carbocycles. The number of allylic oxidation sites excluding steroid dienone is 5. The Morgan fingerprint density at radius 2 is 1.85 bits per heavy atom. The highest BCUT2D eigenvalue weighted by atomic mass is 19.3. The van der Waals surface area contributed by atoms with Crippen LogP contribution in [-0.4, -0.2) is 36.1 Å². The second kappa shape index (κ2) is 12.7. The largest absolute Gasteiger partial charge is 0.486 e. The molecule has 1 aliphatic heterocycles. The van der Waals surface area contributed by atoms with Crippen LogP contribution in [-0.2, 0) is 20.2 Å². The summed E-state index contributed by atoms with van der Waals surface area (Å²) in [6.07, 6.45) is 10.3. The number of carboxylic acids is 1. The maximum absolute atomic E-state index is 15.2. The normalized spacial score (nSPS) is 16.0. The summed E-state index contributed by atoms with van der Waals surface area (Å²) in [6, 6.07) is 11.1. The Hall–Kier alpha value is -3.98. The lowest BCUT2D eigenvalue weighted by Gasteiger charge is -2.24. The predicted molar refractivity (Wildman–Crippen MR) is 139 cm³/mol. The van der Waals surface area contributed by atoms with Crippen molar-refractivity contribution in [2.45, 2.75) is 37.7 Å². The van der Waals surface area contributed by atoms with Crippen LogP contribution < -0.4 is 4.74 Å². The van der Waals surface area contributed by atoms with Gasteiger partial charge in [0.15, 0.2) is 0 Å². The fourth-order valence-electron chi connectivity index (χ4n) is 4.24. The Bertz CT molecular complexity index is 1270. The Morgan fingerprint density at radius 3 is 2.46 bits per heavy atom. The minimum absolute atomic E-state index is 0.145. The van der Waals surface area contributed by atoms with Crippen molar-refractivity contribution in [2.24, 2.45) is 0 Å². The van der Waals surface area contributed by atoms with E-state index in [4.69, 9.17) is 19.3 Å². The van der Waals surface area contributed by atoms with Crippen LogP contribution >= 0.6 is 0 Å². The van der Waals surface area contributed by atoms with E-state index < -0.39 is 29.6 Å². The summed E-state index contributed by atoms with van der Waals surface area (Å²) < 4.78 is 60.6. The lowest BCUT2D eigenvalue weighted by molar-refractivity contribution is -0.138. The minimum atomic E-state index is -3.44. The van der Waals surface area contributed by atoms with Gasteiger partial charge in [-0.1, -0.05) is 35.9 Å². The van der Waals surface area contributed by atoms with Crippen molar-refractivity contribution >= 4 is 5.97 Å². The Balaban J connectivity index is 1.41. The van der Waals surface area contributed by atoms with E-state index in [0.717, 1.165) is 24.7 Å². The van der Waals surface area contributed by atoms with Gasteiger partial charge in [-0.25, -0.2) is 4.39 Å². The van der Waals surface area contributed by atoms with Crippen LogP contribution in [0.15, 0.2) is 96.4 Å². The summed E-state index contributed by atoms with van der Waals surface area (Å²) in [4.78, 5) is 12.6.